The summed E-state index contributed by atoms with van der Waals surface area (Å²) >= 11 is 6.29. The van der Waals surface area contributed by atoms with Crippen LogP contribution in [0.5, 0.6) is 11.6 Å². The van der Waals surface area contributed by atoms with Gasteiger partial charge in [0.15, 0.2) is 0 Å². The zero-order valence-corrected chi connectivity index (χ0v) is 24.3. The fraction of sp³-hybridized carbons (Fsp3) is 0.500. The number of halogens is 1. The van der Waals surface area contributed by atoms with E-state index in [0.29, 0.717) is 42.9 Å². The first kappa shape index (κ1) is 29.1. The van der Waals surface area contributed by atoms with E-state index in [4.69, 9.17) is 21.1 Å². The third-order valence-electron chi connectivity index (χ3n) is 7.00. The third kappa shape index (κ3) is 7.18. The van der Waals surface area contributed by atoms with Crippen LogP contribution in [-0.4, -0.2) is 95.6 Å². The number of carbonyl (C=O) groups is 1. The molecule has 2 aromatic rings. The van der Waals surface area contributed by atoms with Crippen molar-refractivity contribution in [1.82, 2.24) is 19.2 Å². The Morgan fingerprint density at radius 3 is 2.62 bits per heavy atom. The smallest absolute Gasteiger partial charge is 0.247 e. The first-order valence-electron chi connectivity index (χ1n) is 12.8. The fourth-order valence-corrected chi connectivity index (χ4v) is 5.66. The number of aromatic nitrogens is 2. The van der Waals surface area contributed by atoms with Crippen LogP contribution in [0, 0.1) is 5.92 Å². The first-order valence-corrected chi connectivity index (χ1v) is 14.7. The molecule has 2 aliphatic rings. The van der Waals surface area contributed by atoms with E-state index in [1.165, 1.54) is 12.3 Å². The molecule has 4 rings (SSSR count). The molecule has 13 heteroatoms. The Bertz CT molecular complexity index is 1220. The van der Waals surface area contributed by atoms with Gasteiger partial charge < -0.3 is 29.9 Å². The summed E-state index contributed by atoms with van der Waals surface area (Å²) in [5.74, 6) is 1.03. The molecule has 2 N–H and O–H groups in total. The number of carbonyl (C=O) groups excluding carboxylic acids is 1. The zero-order chi connectivity index (χ0) is 28.1. The number of nitrogens with one attached hydrogen (secondary N) is 2. The van der Waals surface area contributed by atoms with Gasteiger partial charge >= 0.3 is 0 Å². The number of hydrogen-bond acceptors (Lipinski definition) is 9. The average Bonchev–Trinajstić information content (AvgIpc) is 2.89. The van der Waals surface area contributed by atoms with Gasteiger partial charge in [0.1, 0.15) is 10.8 Å². The quantitative estimate of drug-likeness (QED) is 0.389. The van der Waals surface area contributed by atoms with Crippen molar-refractivity contribution in [1.29, 1.82) is 0 Å². The number of nitrogens with zero attached hydrogens (tertiary/aromatic N) is 5. The number of methoxy groups -OCH3 is 1. The van der Waals surface area contributed by atoms with Crippen LogP contribution < -0.4 is 25.0 Å². The van der Waals surface area contributed by atoms with Crippen molar-refractivity contribution in [2.45, 2.75) is 18.9 Å². The molecule has 0 bridgehead atoms. The molecule has 2 aliphatic heterocycles. The summed E-state index contributed by atoms with van der Waals surface area (Å²) in [7, 11) is 4.82. The lowest BCUT2D eigenvalue weighted by Gasteiger charge is -2.37. The van der Waals surface area contributed by atoms with E-state index in [1.807, 2.05) is 10.4 Å². The Labute approximate surface area is 237 Å². The summed E-state index contributed by atoms with van der Waals surface area (Å²) in [6, 6.07) is 4.23. The second-order valence-corrected chi connectivity index (χ2v) is 11.6. The molecule has 0 radical (unpaired) electrons. The molecule has 212 valence electrons. The summed E-state index contributed by atoms with van der Waals surface area (Å²) in [5.41, 5.74) is 2.06. The van der Waals surface area contributed by atoms with E-state index >= 15 is 0 Å². The molecule has 0 saturated carbocycles. The Balaban J connectivity index is 1.54. The number of ether oxygens (including phenoxy) is 2. The van der Waals surface area contributed by atoms with E-state index < -0.39 is 11.0 Å². The lowest BCUT2D eigenvalue weighted by atomic mass is 10.0. The Kier molecular flexibility index (Phi) is 9.65. The standard InChI is InChI=1S/C26H36ClN7O4S/c1-6-24(35)29-20-11-21(23(37-4)12-22(20)33-9-7-18(8-10-33)32(2)3)30-26-28-13-19(27)25(31-26)38-16-17-14-34(15-17)39(5)36/h6,11-13,17-18H,1,7-10,14-16H2,2-5H3,(H,29,35)(H,28,30,31). The van der Waals surface area contributed by atoms with Gasteiger partial charge in [-0.3, -0.25) is 4.79 Å². The summed E-state index contributed by atoms with van der Waals surface area (Å²) in [5, 5.41) is 6.40. The van der Waals surface area contributed by atoms with E-state index in [9.17, 15) is 9.00 Å². The molecule has 2 fully saturated rings. The first-order chi connectivity index (χ1) is 18.7. The van der Waals surface area contributed by atoms with Gasteiger partial charge in [-0.2, -0.15) is 4.98 Å². The summed E-state index contributed by atoms with van der Waals surface area (Å²) in [6.07, 6.45) is 6.40. The van der Waals surface area contributed by atoms with Gasteiger partial charge in [0.2, 0.25) is 17.7 Å². The molecule has 2 saturated heterocycles. The number of piperidine rings is 1. The lowest BCUT2D eigenvalue weighted by Crippen LogP contribution is -2.49. The average molecular weight is 578 g/mol. The summed E-state index contributed by atoms with van der Waals surface area (Å²) in [4.78, 5) is 25.5. The molecule has 1 unspecified atom stereocenters. The predicted octanol–water partition coefficient (Wildman–Crippen LogP) is 3.14. The fourth-order valence-electron chi connectivity index (χ4n) is 4.67. The van der Waals surface area contributed by atoms with Gasteiger partial charge in [0.25, 0.3) is 0 Å². The third-order valence-corrected chi connectivity index (χ3v) is 8.28. The Morgan fingerprint density at radius 1 is 1.28 bits per heavy atom. The van der Waals surface area contributed by atoms with Crippen LogP contribution in [0.2, 0.25) is 5.02 Å². The second-order valence-electron chi connectivity index (χ2n) is 9.86. The number of amides is 1. The van der Waals surface area contributed by atoms with Crippen molar-refractivity contribution in [2.75, 3.05) is 75.8 Å². The van der Waals surface area contributed by atoms with Gasteiger partial charge in [-0.25, -0.2) is 13.5 Å². The van der Waals surface area contributed by atoms with Gasteiger partial charge in [-0.1, -0.05) is 18.2 Å². The minimum absolute atomic E-state index is 0.253. The topological polar surface area (TPSA) is 112 Å². The van der Waals surface area contributed by atoms with Gasteiger partial charge in [-0.15, -0.1) is 0 Å². The Morgan fingerprint density at radius 2 is 2.00 bits per heavy atom. The lowest BCUT2D eigenvalue weighted by molar-refractivity contribution is -0.111. The SMILES string of the molecule is C=CC(=O)Nc1cc(Nc2ncc(Cl)c(OCC3CN(S(C)=O)C3)n2)c(OC)cc1N1CCC(N(C)C)CC1. The maximum Gasteiger partial charge on any atom is 0.247 e. The highest BCUT2D eigenvalue weighted by Gasteiger charge is 2.30. The van der Waals surface area contributed by atoms with Crippen LogP contribution in [0.3, 0.4) is 0 Å². The van der Waals surface area contributed by atoms with E-state index in [-0.39, 0.29) is 28.7 Å². The molecule has 3 heterocycles. The molecular formula is C26H36ClN7O4S. The highest BCUT2D eigenvalue weighted by atomic mass is 35.5. The highest BCUT2D eigenvalue weighted by molar-refractivity contribution is 7.81. The molecule has 11 nitrogen and oxygen atoms in total. The van der Waals surface area contributed by atoms with Crippen LogP contribution in [0.15, 0.2) is 31.0 Å². The van der Waals surface area contributed by atoms with E-state index in [1.54, 1.807) is 19.4 Å². The number of rotatable bonds is 11. The normalized spacial score (nSPS) is 17.4. The molecule has 1 amide bonds. The van der Waals surface area contributed by atoms with Crippen molar-refractivity contribution in [3.8, 4) is 11.6 Å². The molecule has 1 aromatic heterocycles. The molecule has 0 aliphatic carbocycles. The van der Waals surface area contributed by atoms with Crippen molar-refractivity contribution < 1.29 is 18.5 Å². The molecule has 1 atom stereocenters. The Hall–Kier alpha value is -2.93. The largest absolute Gasteiger partial charge is 0.494 e. The van der Waals surface area contributed by atoms with Crippen LogP contribution in [0.1, 0.15) is 12.8 Å². The molecule has 1 aromatic carbocycles. The van der Waals surface area contributed by atoms with Crippen molar-refractivity contribution in [3.63, 3.8) is 0 Å². The summed E-state index contributed by atoms with van der Waals surface area (Å²) < 4.78 is 25.0. The molecule has 0 spiro atoms. The number of benzene rings is 1. The maximum absolute atomic E-state index is 12.3. The number of anilines is 4. The van der Waals surface area contributed by atoms with Crippen molar-refractivity contribution in [2.24, 2.45) is 5.92 Å². The van der Waals surface area contributed by atoms with Crippen LogP contribution >= 0.6 is 11.6 Å². The zero-order valence-electron chi connectivity index (χ0n) is 22.8. The van der Waals surface area contributed by atoms with E-state index in [2.05, 4.69) is 51.1 Å². The molecular weight excluding hydrogens is 542 g/mol. The van der Waals surface area contributed by atoms with Gasteiger partial charge in [0.05, 0.1) is 48.0 Å². The van der Waals surface area contributed by atoms with Crippen LogP contribution in [0.4, 0.5) is 23.0 Å². The highest BCUT2D eigenvalue weighted by Crippen LogP contribution is 2.39. The van der Waals surface area contributed by atoms with E-state index in [0.717, 1.165) is 31.6 Å². The van der Waals surface area contributed by atoms with Gasteiger partial charge in [0, 0.05) is 50.5 Å². The predicted molar refractivity (Wildman–Crippen MR) is 156 cm³/mol. The van der Waals surface area contributed by atoms with Crippen molar-refractivity contribution >= 4 is 51.5 Å². The number of hydrogen-bond donors (Lipinski definition) is 2. The summed E-state index contributed by atoms with van der Waals surface area (Å²) in [6.45, 7) is 7.10. The minimum atomic E-state index is -0.973. The monoisotopic (exact) mass is 577 g/mol. The minimum Gasteiger partial charge on any atom is -0.494 e. The van der Waals surface area contributed by atoms with Crippen molar-refractivity contribution in [3.05, 3.63) is 36.0 Å². The molecule has 39 heavy (non-hydrogen) atoms. The second kappa shape index (κ2) is 12.9. The maximum atomic E-state index is 12.3. The van der Waals surface area contributed by atoms with Crippen LogP contribution in [0.25, 0.3) is 0 Å². The van der Waals surface area contributed by atoms with Gasteiger partial charge in [-0.05, 0) is 39.1 Å². The van der Waals surface area contributed by atoms with Crippen LogP contribution in [-0.2, 0) is 15.8 Å².